The molecule has 2 N–H and O–H groups in total. The molecule has 1 saturated heterocycles. The smallest absolute Gasteiger partial charge is 0.339 e. The summed E-state index contributed by atoms with van der Waals surface area (Å²) in [5, 5.41) is 16.1. The Morgan fingerprint density at radius 1 is 1.08 bits per heavy atom. The molecule has 4 bridgehead atoms. The molecule has 1 spiro atoms. The maximum atomic E-state index is 9.34. The highest BCUT2D eigenvalue weighted by atomic mass is 17.1. The number of fused-ring (bicyclic) bond motifs is 3. The summed E-state index contributed by atoms with van der Waals surface area (Å²) in [6, 6.07) is 0. The Bertz CT molecular complexity index is 872. The zero-order valence-corrected chi connectivity index (χ0v) is 24.3. The molecule has 0 aromatic rings. The fraction of sp³-hybridized carbons (Fsp3) is 0.781. The third-order valence-corrected chi connectivity index (χ3v) is 10.8. The van der Waals surface area contributed by atoms with Crippen LogP contribution in [0.1, 0.15) is 99.3 Å². The summed E-state index contributed by atoms with van der Waals surface area (Å²) >= 11 is 0. The normalized spacial score (nSPS) is 36.8. The molecule has 1 heterocycles. The second kappa shape index (κ2) is 11.8. The van der Waals surface area contributed by atoms with Gasteiger partial charge in [0.2, 0.25) is 0 Å². The first kappa shape index (κ1) is 30.1. The van der Waals surface area contributed by atoms with Gasteiger partial charge in [0.25, 0.3) is 0 Å². The Labute approximate surface area is 225 Å². The minimum atomic E-state index is -0.690. The molecule has 5 heteroatoms. The molecule has 8 aliphatic rings. The molecule has 8 rings (SSSR count). The van der Waals surface area contributed by atoms with E-state index in [1.54, 1.807) is 0 Å². The lowest BCUT2D eigenvalue weighted by molar-refractivity contribution is -0.231. The van der Waals surface area contributed by atoms with Crippen LogP contribution in [0.3, 0.4) is 0 Å². The third kappa shape index (κ3) is 6.59. The van der Waals surface area contributed by atoms with E-state index in [4.69, 9.17) is 15.1 Å². The summed E-state index contributed by atoms with van der Waals surface area (Å²) in [6.45, 7) is 22.2. The van der Waals surface area contributed by atoms with Gasteiger partial charge in [0, 0.05) is 6.92 Å². The van der Waals surface area contributed by atoms with Gasteiger partial charge < -0.3 is 14.7 Å². The second-order valence-corrected chi connectivity index (χ2v) is 13.6. The highest BCUT2D eigenvalue weighted by Gasteiger charge is 2.67. The van der Waals surface area contributed by atoms with E-state index in [0.717, 1.165) is 50.0 Å². The number of aliphatic hydroxyl groups is 1. The average Bonchev–Trinajstić information content (AvgIpc) is 3.62. The van der Waals surface area contributed by atoms with Crippen LogP contribution in [0.15, 0.2) is 36.0 Å². The van der Waals surface area contributed by atoms with Crippen molar-refractivity contribution in [3.8, 4) is 0 Å². The molecule has 5 nitrogen and oxygen atoms in total. The molecule has 6 saturated carbocycles. The van der Waals surface area contributed by atoms with Crippen molar-refractivity contribution in [1.82, 2.24) is 0 Å². The van der Waals surface area contributed by atoms with E-state index in [1.165, 1.54) is 61.7 Å². The van der Waals surface area contributed by atoms with Crippen molar-refractivity contribution in [2.45, 2.75) is 105 Å². The number of hydrogen-bond acceptors (Lipinski definition) is 5. The number of carbonyl (C=O) groups excluding carboxylic acids is 1. The molecule has 0 amide bonds. The summed E-state index contributed by atoms with van der Waals surface area (Å²) in [5.74, 6) is 3.76. The van der Waals surface area contributed by atoms with E-state index in [0.29, 0.717) is 22.3 Å². The van der Waals surface area contributed by atoms with E-state index in [1.807, 2.05) is 0 Å². The van der Waals surface area contributed by atoms with Crippen molar-refractivity contribution in [2.24, 2.45) is 40.4 Å². The quantitative estimate of drug-likeness (QED) is 0.172. The van der Waals surface area contributed by atoms with E-state index in [2.05, 4.69) is 58.7 Å². The zero-order valence-electron chi connectivity index (χ0n) is 24.3. The van der Waals surface area contributed by atoms with Crippen LogP contribution < -0.4 is 0 Å². The lowest BCUT2D eigenvalue weighted by atomic mass is 9.45. The van der Waals surface area contributed by atoms with E-state index in [9.17, 15) is 4.79 Å². The van der Waals surface area contributed by atoms with Crippen LogP contribution in [0.4, 0.5) is 0 Å². The molecule has 1 aliphatic heterocycles. The summed E-state index contributed by atoms with van der Waals surface area (Å²) in [4.78, 5) is 12.5. The maximum absolute atomic E-state index is 9.34. The van der Waals surface area contributed by atoms with Gasteiger partial charge in [0.15, 0.2) is 0 Å². The first-order chi connectivity index (χ1) is 17.3. The highest BCUT2D eigenvalue weighted by Crippen LogP contribution is 2.67. The number of aliphatic hydroxyl groups excluding tert-OH is 1. The Morgan fingerprint density at radius 3 is 2.00 bits per heavy atom. The van der Waals surface area contributed by atoms with Crippen LogP contribution in [-0.2, 0) is 14.4 Å². The molecule has 7 aliphatic carbocycles. The van der Waals surface area contributed by atoms with Gasteiger partial charge in [0.05, 0.1) is 18.8 Å². The van der Waals surface area contributed by atoms with Crippen LogP contribution in [0.25, 0.3) is 0 Å². The van der Waals surface area contributed by atoms with Crippen molar-refractivity contribution in [3.63, 3.8) is 0 Å². The van der Waals surface area contributed by atoms with Gasteiger partial charge >= 0.3 is 5.97 Å². The monoisotopic (exact) mass is 516 g/mol. The summed E-state index contributed by atoms with van der Waals surface area (Å²) in [7, 11) is 0. The first-order valence-corrected chi connectivity index (χ1v) is 14.4. The topological polar surface area (TPSA) is 79.3 Å². The fourth-order valence-corrected chi connectivity index (χ4v) is 7.64. The van der Waals surface area contributed by atoms with Crippen molar-refractivity contribution in [3.05, 3.63) is 36.0 Å². The maximum Gasteiger partial charge on any atom is 0.339 e. The highest BCUT2D eigenvalue weighted by molar-refractivity contribution is 5.64. The SMILES string of the molecule is C=C(C)[C@@H]1CC=C(CO)CC1.C=C1CC[C@H]2C[C@@H]1C2(C)C.CC(=O)OO.CC1(C)[C@H]2CCC3(CO3)[C@@H]1C2. The number of rotatable bonds is 2. The minimum absolute atomic E-state index is 0.239. The number of carbonyl (C=O) groups is 1. The molecule has 6 atom stereocenters. The molecule has 0 radical (unpaired) electrons. The number of epoxide rings is 1. The number of ether oxygens (including phenoxy) is 1. The fourth-order valence-electron chi connectivity index (χ4n) is 7.64. The summed E-state index contributed by atoms with van der Waals surface area (Å²) in [5.41, 5.74) is 5.59. The molecule has 7 fully saturated rings. The van der Waals surface area contributed by atoms with Crippen LogP contribution in [0.2, 0.25) is 0 Å². The molecule has 0 aromatic heterocycles. The van der Waals surface area contributed by atoms with Gasteiger partial charge in [-0.2, -0.15) is 5.26 Å². The lowest BCUT2D eigenvalue weighted by Gasteiger charge is -2.59. The number of allylic oxidation sites excluding steroid dienone is 3. The largest absolute Gasteiger partial charge is 0.392 e. The Hall–Kier alpha value is -1.43. The molecule has 37 heavy (non-hydrogen) atoms. The van der Waals surface area contributed by atoms with Gasteiger partial charge in [-0.25, -0.2) is 4.79 Å². The molecule has 0 aromatic carbocycles. The summed E-state index contributed by atoms with van der Waals surface area (Å²) < 4.78 is 5.62. The Balaban J connectivity index is 0.000000142. The Morgan fingerprint density at radius 2 is 1.70 bits per heavy atom. The van der Waals surface area contributed by atoms with E-state index >= 15 is 0 Å². The zero-order chi connectivity index (χ0) is 27.6. The van der Waals surface area contributed by atoms with Crippen LogP contribution in [-0.4, -0.2) is 35.1 Å². The van der Waals surface area contributed by atoms with Crippen LogP contribution in [0.5, 0.6) is 0 Å². The van der Waals surface area contributed by atoms with Gasteiger partial charge in [-0.15, -0.1) is 0 Å². The lowest BCUT2D eigenvalue weighted by Crippen LogP contribution is -2.56. The van der Waals surface area contributed by atoms with Crippen molar-refractivity contribution in [2.75, 3.05) is 13.2 Å². The minimum Gasteiger partial charge on any atom is -0.392 e. The van der Waals surface area contributed by atoms with E-state index < -0.39 is 5.97 Å². The van der Waals surface area contributed by atoms with Crippen LogP contribution in [0, 0.1) is 40.4 Å². The Kier molecular flexibility index (Phi) is 9.57. The van der Waals surface area contributed by atoms with Crippen molar-refractivity contribution in [1.29, 1.82) is 0 Å². The average molecular weight is 517 g/mol. The standard InChI is InChI=1S/2C10H16O.C10H16.C2H4O3/c1-9(2)7-3-4-10(6-11-10)8(9)5-7;1-8(2)10-5-3-9(7-11)4-6-10;1-7-4-5-8-6-9(7)10(8,2)3;1-2(3)5-4/h7-8H,3-6H2,1-2H3;3,10-11H,1,4-7H2,2H3;8-9H,1,4-6H2,2-3H3;4H,1H3/t7-,8+,10?;10-;8-,9-;/m010./s1. The van der Waals surface area contributed by atoms with Gasteiger partial charge in [-0.05, 0) is 111 Å². The molecule has 1 unspecified atom stereocenters. The van der Waals surface area contributed by atoms with Crippen LogP contribution >= 0.6 is 0 Å². The van der Waals surface area contributed by atoms with Gasteiger partial charge in [-0.3, -0.25) is 0 Å². The summed E-state index contributed by atoms with van der Waals surface area (Å²) in [6.07, 6.45) is 13.8. The van der Waals surface area contributed by atoms with Crippen molar-refractivity contribution >= 4 is 5.97 Å². The van der Waals surface area contributed by atoms with Crippen molar-refractivity contribution < 1.29 is 24.8 Å². The first-order valence-electron chi connectivity index (χ1n) is 14.4. The predicted molar refractivity (Wildman–Crippen MR) is 149 cm³/mol. The third-order valence-electron chi connectivity index (χ3n) is 10.8. The predicted octanol–water partition coefficient (Wildman–Crippen LogP) is 7.51. The van der Waals surface area contributed by atoms with E-state index in [-0.39, 0.29) is 6.61 Å². The second-order valence-electron chi connectivity index (χ2n) is 13.6. The molecular formula is C32H52O5. The number of hydrogen-bond donors (Lipinski definition) is 2. The molecular weight excluding hydrogens is 464 g/mol. The van der Waals surface area contributed by atoms with Gasteiger partial charge in [-0.1, -0.05) is 58.1 Å². The molecule has 210 valence electrons. The van der Waals surface area contributed by atoms with Gasteiger partial charge in [0.1, 0.15) is 0 Å².